The monoisotopic (exact) mass is 372 g/mol. The van der Waals surface area contributed by atoms with Crippen molar-refractivity contribution in [2.75, 3.05) is 6.54 Å². The Morgan fingerprint density at radius 2 is 1.88 bits per heavy atom. The third-order valence-corrected chi connectivity index (χ3v) is 5.08. The van der Waals surface area contributed by atoms with Crippen LogP contribution in [-0.4, -0.2) is 22.9 Å². The maximum atomic E-state index is 13.7. The first-order valence-corrected chi connectivity index (χ1v) is 8.89. The van der Waals surface area contributed by atoms with E-state index in [0.717, 1.165) is 25.0 Å². The van der Waals surface area contributed by atoms with Gasteiger partial charge in [0.05, 0.1) is 11.1 Å². The highest BCUT2D eigenvalue weighted by molar-refractivity contribution is 5.78. The average Bonchev–Trinajstić information content (AvgIpc) is 3.38. The number of carbonyl (C=O) groups excluding carboxylic acids is 1. The van der Waals surface area contributed by atoms with Crippen LogP contribution in [0.15, 0.2) is 18.2 Å². The standard InChI is InChI=1S/C19H24F4N2O/c1-17(2,24)11-25(16(26)9-12-3-4-12)18(7-8-18)13-5-6-15(20)14(10-13)19(21,22)23/h5-6,10,12H,3-4,7-9,11,24H2,1-2H3. The second kappa shape index (κ2) is 6.22. The summed E-state index contributed by atoms with van der Waals surface area (Å²) in [5, 5.41) is 0. The predicted molar refractivity (Wildman–Crippen MR) is 89.6 cm³/mol. The number of amides is 1. The second-order valence-electron chi connectivity index (χ2n) is 8.34. The molecule has 0 radical (unpaired) electrons. The van der Waals surface area contributed by atoms with E-state index in [-0.39, 0.29) is 12.5 Å². The van der Waals surface area contributed by atoms with Gasteiger partial charge in [-0.05, 0) is 63.1 Å². The van der Waals surface area contributed by atoms with Gasteiger partial charge in [0, 0.05) is 18.5 Å². The van der Waals surface area contributed by atoms with Gasteiger partial charge in [0.25, 0.3) is 0 Å². The Kier molecular flexibility index (Phi) is 4.58. The molecule has 2 aliphatic rings. The molecule has 0 aliphatic heterocycles. The second-order valence-corrected chi connectivity index (χ2v) is 8.34. The van der Waals surface area contributed by atoms with E-state index in [1.165, 1.54) is 6.07 Å². The van der Waals surface area contributed by atoms with E-state index < -0.39 is 28.6 Å². The quantitative estimate of drug-likeness (QED) is 0.761. The summed E-state index contributed by atoms with van der Waals surface area (Å²) in [6, 6.07) is 3.05. The third-order valence-electron chi connectivity index (χ3n) is 5.08. The summed E-state index contributed by atoms with van der Waals surface area (Å²) in [7, 11) is 0. The molecule has 3 nitrogen and oxygen atoms in total. The van der Waals surface area contributed by atoms with E-state index in [9.17, 15) is 22.4 Å². The van der Waals surface area contributed by atoms with Crippen molar-refractivity contribution in [1.29, 1.82) is 0 Å². The first kappa shape index (κ1) is 19.1. The molecule has 0 atom stereocenters. The molecule has 7 heteroatoms. The molecule has 26 heavy (non-hydrogen) atoms. The number of nitrogens with two attached hydrogens (primary N) is 1. The summed E-state index contributed by atoms with van der Waals surface area (Å²) in [6.45, 7) is 3.82. The van der Waals surface area contributed by atoms with Crippen LogP contribution in [0.25, 0.3) is 0 Å². The normalized spacial score (nSPS) is 19.3. The Bertz CT molecular complexity index is 700. The Balaban J connectivity index is 1.96. The topological polar surface area (TPSA) is 46.3 Å². The molecular weight excluding hydrogens is 348 g/mol. The summed E-state index contributed by atoms with van der Waals surface area (Å²) < 4.78 is 53.0. The van der Waals surface area contributed by atoms with Crippen molar-refractivity contribution in [3.63, 3.8) is 0 Å². The number of alkyl halides is 3. The molecule has 3 rings (SSSR count). The van der Waals surface area contributed by atoms with Crippen molar-refractivity contribution in [2.24, 2.45) is 11.7 Å². The molecule has 2 aliphatic carbocycles. The van der Waals surface area contributed by atoms with Crippen LogP contribution in [0.5, 0.6) is 0 Å². The molecule has 0 unspecified atom stereocenters. The summed E-state index contributed by atoms with van der Waals surface area (Å²) in [4.78, 5) is 14.5. The lowest BCUT2D eigenvalue weighted by atomic mass is 9.96. The van der Waals surface area contributed by atoms with Crippen molar-refractivity contribution < 1.29 is 22.4 Å². The van der Waals surface area contributed by atoms with Gasteiger partial charge in [-0.25, -0.2) is 4.39 Å². The first-order chi connectivity index (χ1) is 11.9. The smallest absolute Gasteiger partial charge is 0.331 e. The van der Waals surface area contributed by atoms with Gasteiger partial charge in [-0.2, -0.15) is 13.2 Å². The maximum absolute atomic E-state index is 13.7. The number of rotatable bonds is 6. The molecular formula is C19H24F4N2O. The minimum Gasteiger partial charge on any atom is -0.331 e. The summed E-state index contributed by atoms with van der Waals surface area (Å²) >= 11 is 0. The van der Waals surface area contributed by atoms with Gasteiger partial charge in [0.1, 0.15) is 5.82 Å². The lowest BCUT2D eigenvalue weighted by Crippen LogP contribution is -2.52. The molecule has 1 aromatic carbocycles. The van der Waals surface area contributed by atoms with E-state index in [0.29, 0.717) is 30.7 Å². The fraction of sp³-hybridized carbons (Fsp3) is 0.632. The number of hydrogen-bond acceptors (Lipinski definition) is 2. The molecule has 0 saturated heterocycles. The van der Waals surface area contributed by atoms with Crippen LogP contribution in [0, 0.1) is 11.7 Å². The minimum atomic E-state index is -4.77. The minimum absolute atomic E-state index is 0.0820. The maximum Gasteiger partial charge on any atom is 0.419 e. The molecule has 144 valence electrons. The number of hydrogen-bond donors (Lipinski definition) is 1. The van der Waals surface area contributed by atoms with Gasteiger partial charge in [-0.15, -0.1) is 0 Å². The lowest BCUT2D eigenvalue weighted by molar-refractivity contribution is -0.140. The van der Waals surface area contributed by atoms with Gasteiger partial charge in [-0.1, -0.05) is 6.07 Å². The molecule has 0 heterocycles. The van der Waals surface area contributed by atoms with Crippen LogP contribution < -0.4 is 5.73 Å². The zero-order chi connectivity index (χ0) is 19.3. The molecule has 2 fully saturated rings. The van der Waals surface area contributed by atoms with Crippen molar-refractivity contribution in [2.45, 2.75) is 63.2 Å². The third kappa shape index (κ3) is 4.03. The molecule has 0 aromatic heterocycles. The molecule has 2 N–H and O–H groups in total. The van der Waals surface area contributed by atoms with Crippen molar-refractivity contribution in [3.8, 4) is 0 Å². The van der Waals surface area contributed by atoms with Crippen LogP contribution in [0.4, 0.5) is 17.6 Å². The van der Waals surface area contributed by atoms with E-state index in [1.54, 1.807) is 18.7 Å². The van der Waals surface area contributed by atoms with Crippen LogP contribution in [0.2, 0.25) is 0 Å². The number of benzene rings is 1. The van der Waals surface area contributed by atoms with Crippen LogP contribution in [0.1, 0.15) is 57.1 Å². The zero-order valence-corrected chi connectivity index (χ0v) is 15.0. The fourth-order valence-corrected chi connectivity index (χ4v) is 3.43. The van der Waals surface area contributed by atoms with Gasteiger partial charge in [0.2, 0.25) is 5.91 Å². The van der Waals surface area contributed by atoms with Gasteiger partial charge >= 0.3 is 6.18 Å². The largest absolute Gasteiger partial charge is 0.419 e. The Labute approximate surface area is 150 Å². The number of halogens is 4. The summed E-state index contributed by atoms with van der Waals surface area (Å²) in [5.74, 6) is -1.02. The van der Waals surface area contributed by atoms with E-state index >= 15 is 0 Å². The molecule has 1 aromatic rings. The fourth-order valence-electron chi connectivity index (χ4n) is 3.43. The lowest BCUT2D eigenvalue weighted by Gasteiger charge is -2.37. The van der Waals surface area contributed by atoms with Gasteiger partial charge in [-0.3, -0.25) is 4.79 Å². The average molecular weight is 372 g/mol. The highest BCUT2D eigenvalue weighted by Gasteiger charge is 2.53. The van der Waals surface area contributed by atoms with E-state index in [1.807, 2.05) is 0 Å². The number of nitrogens with zero attached hydrogens (tertiary/aromatic N) is 1. The predicted octanol–water partition coefficient (Wildman–Crippen LogP) is 4.20. The van der Waals surface area contributed by atoms with E-state index in [4.69, 9.17) is 5.73 Å². The van der Waals surface area contributed by atoms with Crippen LogP contribution in [-0.2, 0) is 16.5 Å². The van der Waals surface area contributed by atoms with Crippen molar-refractivity contribution in [3.05, 3.63) is 35.1 Å². The molecule has 2 saturated carbocycles. The molecule has 0 bridgehead atoms. The Hall–Kier alpha value is -1.63. The van der Waals surface area contributed by atoms with Crippen molar-refractivity contribution >= 4 is 5.91 Å². The number of carbonyl (C=O) groups is 1. The van der Waals surface area contributed by atoms with Gasteiger partial charge < -0.3 is 10.6 Å². The van der Waals surface area contributed by atoms with Crippen molar-refractivity contribution in [1.82, 2.24) is 4.90 Å². The molecule has 1 amide bonds. The summed E-state index contributed by atoms with van der Waals surface area (Å²) in [6.07, 6.45) is -1.25. The first-order valence-electron chi connectivity index (χ1n) is 8.89. The van der Waals surface area contributed by atoms with Crippen LogP contribution in [0.3, 0.4) is 0 Å². The van der Waals surface area contributed by atoms with Crippen LogP contribution >= 0.6 is 0 Å². The Morgan fingerprint density at radius 3 is 2.35 bits per heavy atom. The van der Waals surface area contributed by atoms with Gasteiger partial charge in [0.15, 0.2) is 0 Å². The highest BCUT2D eigenvalue weighted by Crippen LogP contribution is 2.53. The van der Waals surface area contributed by atoms with E-state index in [2.05, 4.69) is 0 Å². The Morgan fingerprint density at radius 1 is 1.27 bits per heavy atom. The zero-order valence-electron chi connectivity index (χ0n) is 15.0. The highest BCUT2D eigenvalue weighted by atomic mass is 19.4. The molecule has 0 spiro atoms. The summed E-state index contributed by atoms with van der Waals surface area (Å²) in [5.41, 5.74) is 3.67. The SMILES string of the molecule is CC(C)(N)CN(C(=O)CC1CC1)C1(c2ccc(F)c(C(F)(F)F)c2)CC1.